The summed E-state index contributed by atoms with van der Waals surface area (Å²) in [4.78, 5) is 26.3. The van der Waals surface area contributed by atoms with E-state index in [-0.39, 0.29) is 11.3 Å². The first kappa shape index (κ1) is 10.1. The molecule has 0 radical (unpaired) electrons. The topological polar surface area (TPSA) is 70.2 Å². The van der Waals surface area contributed by atoms with E-state index in [0.29, 0.717) is 17.4 Å². The van der Waals surface area contributed by atoms with Crippen LogP contribution < -0.4 is 0 Å². The Kier molecular flexibility index (Phi) is 2.04. The molecule has 0 bridgehead atoms. The predicted molar refractivity (Wildman–Crippen MR) is 62.5 cm³/mol. The number of carbonyl (C=O) groups excluding carboxylic acids is 1. The van der Waals surface area contributed by atoms with Gasteiger partial charge in [-0.2, -0.15) is 0 Å². The van der Waals surface area contributed by atoms with E-state index in [1.165, 1.54) is 0 Å². The van der Waals surface area contributed by atoms with Crippen molar-refractivity contribution in [1.82, 2.24) is 4.98 Å². The van der Waals surface area contributed by atoms with Crippen LogP contribution in [-0.2, 0) is 6.42 Å². The number of nitrogens with one attached hydrogen (secondary N) is 1. The Morgan fingerprint density at radius 3 is 2.88 bits per heavy atom. The first-order valence-electron chi connectivity index (χ1n) is 5.58. The van der Waals surface area contributed by atoms with Crippen LogP contribution in [0.15, 0.2) is 18.2 Å². The highest BCUT2D eigenvalue weighted by atomic mass is 16.4. The summed E-state index contributed by atoms with van der Waals surface area (Å²) in [6, 6.07) is 5.05. The molecule has 0 saturated heterocycles. The molecule has 1 aromatic heterocycles. The Labute approximate surface area is 97.3 Å². The summed E-state index contributed by atoms with van der Waals surface area (Å²) in [6.07, 6.45) is 2.16. The third-order valence-electron chi connectivity index (χ3n) is 3.24. The lowest BCUT2D eigenvalue weighted by molar-refractivity contribution is 0.0699. The number of aromatic amines is 1. The van der Waals surface area contributed by atoms with Crippen LogP contribution in [0.2, 0.25) is 0 Å². The van der Waals surface area contributed by atoms with Gasteiger partial charge < -0.3 is 10.1 Å². The van der Waals surface area contributed by atoms with E-state index < -0.39 is 5.97 Å². The molecule has 0 spiro atoms. The summed E-state index contributed by atoms with van der Waals surface area (Å²) >= 11 is 0. The number of benzene rings is 1. The standard InChI is InChI=1S/C13H11NO3/c15-10-6-2-5-9-12(10)11-7(13(16)17)3-1-4-8(11)14-9/h1,3-4,14H,2,5-6H2,(H,16,17). The minimum atomic E-state index is -0.990. The zero-order chi connectivity index (χ0) is 12.0. The van der Waals surface area contributed by atoms with Gasteiger partial charge in [0.2, 0.25) is 0 Å². The first-order chi connectivity index (χ1) is 8.18. The van der Waals surface area contributed by atoms with Crippen LogP contribution in [0.3, 0.4) is 0 Å². The molecule has 2 aromatic rings. The van der Waals surface area contributed by atoms with Crippen molar-refractivity contribution in [1.29, 1.82) is 0 Å². The highest BCUT2D eigenvalue weighted by Crippen LogP contribution is 2.31. The van der Waals surface area contributed by atoms with Crippen molar-refractivity contribution in [2.75, 3.05) is 0 Å². The fourth-order valence-electron chi connectivity index (χ4n) is 2.53. The molecule has 0 saturated carbocycles. The number of fused-ring (bicyclic) bond motifs is 3. The van der Waals surface area contributed by atoms with Crippen molar-refractivity contribution in [3.63, 3.8) is 0 Å². The summed E-state index contributed by atoms with van der Waals surface area (Å²) in [7, 11) is 0. The third-order valence-corrected chi connectivity index (χ3v) is 3.24. The molecule has 3 rings (SSSR count). The number of Topliss-reactive ketones (excluding diaryl/α,β-unsaturated/α-hetero) is 1. The Hall–Kier alpha value is -2.10. The van der Waals surface area contributed by atoms with E-state index in [9.17, 15) is 9.59 Å². The Morgan fingerprint density at radius 2 is 2.12 bits per heavy atom. The van der Waals surface area contributed by atoms with E-state index in [0.717, 1.165) is 24.1 Å². The minimum absolute atomic E-state index is 0.0474. The number of hydrogen-bond acceptors (Lipinski definition) is 2. The minimum Gasteiger partial charge on any atom is -0.478 e. The molecule has 0 unspecified atom stereocenters. The van der Waals surface area contributed by atoms with E-state index in [1.54, 1.807) is 12.1 Å². The molecule has 4 nitrogen and oxygen atoms in total. The van der Waals surface area contributed by atoms with Crippen molar-refractivity contribution < 1.29 is 14.7 Å². The molecule has 0 aliphatic heterocycles. The molecular weight excluding hydrogens is 218 g/mol. The van der Waals surface area contributed by atoms with Crippen molar-refractivity contribution in [3.05, 3.63) is 35.0 Å². The summed E-state index contributed by atoms with van der Waals surface area (Å²) in [5.41, 5.74) is 2.41. The lowest BCUT2D eigenvalue weighted by Gasteiger charge is -2.10. The van der Waals surface area contributed by atoms with Crippen LogP contribution >= 0.6 is 0 Å². The Morgan fingerprint density at radius 1 is 1.29 bits per heavy atom. The average molecular weight is 229 g/mol. The first-order valence-corrected chi connectivity index (χ1v) is 5.58. The molecule has 1 aliphatic rings. The smallest absolute Gasteiger partial charge is 0.336 e. The number of H-pyrrole nitrogens is 1. The van der Waals surface area contributed by atoms with Gasteiger partial charge in [0.05, 0.1) is 5.56 Å². The predicted octanol–water partition coefficient (Wildman–Crippen LogP) is 2.39. The van der Waals surface area contributed by atoms with E-state index in [2.05, 4.69) is 4.98 Å². The zero-order valence-electron chi connectivity index (χ0n) is 9.12. The SMILES string of the molecule is O=C(O)c1cccc2[nH]c3c(c12)C(=O)CCC3. The Bertz CT molecular complexity index is 639. The van der Waals surface area contributed by atoms with Crippen molar-refractivity contribution in [2.24, 2.45) is 0 Å². The van der Waals surface area contributed by atoms with Gasteiger partial charge in [-0.3, -0.25) is 4.79 Å². The van der Waals surface area contributed by atoms with Crippen molar-refractivity contribution in [2.45, 2.75) is 19.3 Å². The summed E-state index contributed by atoms with van der Waals surface area (Å²) in [5, 5.41) is 9.73. The quantitative estimate of drug-likeness (QED) is 0.788. The van der Waals surface area contributed by atoms with Gasteiger partial charge in [-0.1, -0.05) is 6.07 Å². The van der Waals surface area contributed by atoms with Crippen LogP contribution in [0.4, 0.5) is 0 Å². The van der Waals surface area contributed by atoms with Gasteiger partial charge in [-0.05, 0) is 25.0 Å². The molecule has 1 aliphatic carbocycles. The molecular formula is C13H11NO3. The largest absolute Gasteiger partial charge is 0.478 e. The van der Waals surface area contributed by atoms with Crippen LogP contribution in [0.1, 0.15) is 39.3 Å². The maximum atomic E-state index is 11.9. The van der Waals surface area contributed by atoms with Crippen LogP contribution in [-0.4, -0.2) is 21.8 Å². The van der Waals surface area contributed by atoms with Gasteiger partial charge in [-0.25, -0.2) is 4.79 Å². The van der Waals surface area contributed by atoms with Crippen molar-refractivity contribution in [3.8, 4) is 0 Å². The molecule has 17 heavy (non-hydrogen) atoms. The highest BCUT2D eigenvalue weighted by molar-refractivity contribution is 6.16. The van der Waals surface area contributed by atoms with Crippen LogP contribution in [0.5, 0.6) is 0 Å². The summed E-state index contributed by atoms with van der Waals surface area (Å²) in [6.45, 7) is 0. The second-order valence-corrected chi connectivity index (χ2v) is 4.29. The molecule has 4 heteroatoms. The van der Waals surface area contributed by atoms with Gasteiger partial charge >= 0.3 is 5.97 Å². The number of rotatable bonds is 1. The lowest BCUT2D eigenvalue weighted by atomic mass is 9.92. The molecule has 0 atom stereocenters. The maximum absolute atomic E-state index is 11.9. The monoisotopic (exact) mass is 229 g/mol. The van der Waals surface area contributed by atoms with E-state index in [4.69, 9.17) is 5.11 Å². The zero-order valence-corrected chi connectivity index (χ0v) is 9.12. The third kappa shape index (κ3) is 1.37. The van der Waals surface area contributed by atoms with Gasteiger partial charge in [0, 0.05) is 28.6 Å². The van der Waals surface area contributed by atoms with Crippen LogP contribution in [0, 0.1) is 0 Å². The number of aromatic nitrogens is 1. The van der Waals surface area contributed by atoms with Gasteiger partial charge in [0.25, 0.3) is 0 Å². The molecule has 0 fully saturated rings. The fourth-order valence-corrected chi connectivity index (χ4v) is 2.53. The number of aryl methyl sites for hydroxylation is 1. The molecule has 1 aromatic carbocycles. The average Bonchev–Trinajstić information content (AvgIpc) is 2.67. The molecule has 2 N–H and O–H groups in total. The number of hydrogen-bond donors (Lipinski definition) is 2. The number of carboxylic acids is 1. The number of ketones is 1. The molecule has 0 amide bonds. The van der Waals surface area contributed by atoms with Gasteiger partial charge in [0.1, 0.15) is 0 Å². The highest BCUT2D eigenvalue weighted by Gasteiger charge is 2.25. The Balaban J connectivity index is 2.42. The van der Waals surface area contributed by atoms with Gasteiger partial charge in [-0.15, -0.1) is 0 Å². The molecule has 1 heterocycles. The normalized spacial score (nSPS) is 14.9. The summed E-state index contributed by atoms with van der Waals surface area (Å²) in [5.74, 6) is -0.943. The molecule has 86 valence electrons. The number of carbonyl (C=O) groups is 2. The van der Waals surface area contributed by atoms with Gasteiger partial charge in [0.15, 0.2) is 5.78 Å². The number of carboxylic acid groups (broad SMARTS) is 1. The fraction of sp³-hybridized carbons (Fsp3) is 0.231. The second-order valence-electron chi connectivity index (χ2n) is 4.29. The lowest BCUT2D eigenvalue weighted by Crippen LogP contribution is -2.10. The second kappa shape index (κ2) is 3.45. The summed E-state index contributed by atoms with van der Waals surface area (Å²) < 4.78 is 0. The number of aromatic carboxylic acids is 1. The van der Waals surface area contributed by atoms with Crippen LogP contribution in [0.25, 0.3) is 10.9 Å². The van der Waals surface area contributed by atoms with E-state index in [1.807, 2.05) is 6.07 Å². The van der Waals surface area contributed by atoms with E-state index >= 15 is 0 Å². The van der Waals surface area contributed by atoms with Crippen molar-refractivity contribution >= 4 is 22.7 Å². The maximum Gasteiger partial charge on any atom is 0.336 e.